The lowest BCUT2D eigenvalue weighted by Gasteiger charge is -2.08. The molecular formula is C16H17N3O2. The molecule has 108 valence electrons. The fourth-order valence-electron chi connectivity index (χ4n) is 2.58. The highest BCUT2D eigenvalue weighted by Gasteiger charge is 2.17. The molecule has 0 fully saturated rings. The summed E-state index contributed by atoms with van der Waals surface area (Å²) in [5, 5.41) is 14.4. The van der Waals surface area contributed by atoms with Gasteiger partial charge in [-0.1, -0.05) is 6.07 Å². The first kappa shape index (κ1) is 13.4. The van der Waals surface area contributed by atoms with Crippen LogP contribution in [0.3, 0.4) is 0 Å². The molecule has 2 heterocycles. The fourth-order valence-corrected chi connectivity index (χ4v) is 2.58. The van der Waals surface area contributed by atoms with Gasteiger partial charge >= 0.3 is 0 Å². The van der Waals surface area contributed by atoms with Gasteiger partial charge < -0.3 is 9.84 Å². The SMILES string of the molecule is COc1ccc(-c2c(C)nn3c(O)cc(C)nc23)c(C)c1. The van der Waals surface area contributed by atoms with Gasteiger partial charge in [0, 0.05) is 17.3 Å². The molecule has 3 aromatic rings. The summed E-state index contributed by atoms with van der Waals surface area (Å²) in [5.74, 6) is 0.912. The Morgan fingerprint density at radius 3 is 2.57 bits per heavy atom. The summed E-state index contributed by atoms with van der Waals surface area (Å²) in [5.41, 5.74) is 5.31. The zero-order chi connectivity index (χ0) is 15.1. The number of fused-ring (bicyclic) bond motifs is 1. The predicted molar refractivity (Wildman–Crippen MR) is 80.9 cm³/mol. The maximum atomic E-state index is 10.0. The van der Waals surface area contributed by atoms with Crippen LogP contribution < -0.4 is 4.74 Å². The predicted octanol–water partition coefficient (Wildman–Crippen LogP) is 3.04. The first-order chi connectivity index (χ1) is 10.0. The Morgan fingerprint density at radius 2 is 1.90 bits per heavy atom. The van der Waals surface area contributed by atoms with Gasteiger partial charge in [0.05, 0.1) is 12.8 Å². The number of aromatic nitrogens is 3. The second-order valence-corrected chi connectivity index (χ2v) is 5.13. The van der Waals surface area contributed by atoms with Crippen LogP contribution in [0.1, 0.15) is 17.0 Å². The van der Waals surface area contributed by atoms with Crippen molar-refractivity contribution in [2.24, 2.45) is 0 Å². The monoisotopic (exact) mass is 283 g/mol. The first-order valence-electron chi connectivity index (χ1n) is 6.72. The molecule has 0 radical (unpaired) electrons. The molecule has 0 spiro atoms. The van der Waals surface area contributed by atoms with E-state index in [4.69, 9.17) is 4.74 Å². The summed E-state index contributed by atoms with van der Waals surface area (Å²) in [7, 11) is 1.65. The number of hydrogen-bond donors (Lipinski definition) is 1. The summed E-state index contributed by atoms with van der Waals surface area (Å²) in [6.45, 7) is 5.80. The molecule has 1 aromatic carbocycles. The second-order valence-electron chi connectivity index (χ2n) is 5.13. The fraction of sp³-hybridized carbons (Fsp3) is 0.250. The molecule has 0 aliphatic carbocycles. The number of nitrogens with zero attached hydrogens (tertiary/aromatic N) is 3. The standard InChI is InChI=1S/C16H17N3O2/c1-9-7-12(21-4)5-6-13(9)15-11(3)18-19-14(20)8-10(2)17-16(15)19/h5-8,20H,1-4H3. The number of benzene rings is 1. The van der Waals surface area contributed by atoms with Gasteiger partial charge in [-0.25, -0.2) is 4.98 Å². The highest BCUT2D eigenvalue weighted by molar-refractivity contribution is 5.82. The molecule has 2 aromatic heterocycles. The molecule has 0 atom stereocenters. The molecule has 0 aliphatic rings. The van der Waals surface area contributed by atoms with Crippen molar-refractivity contribution >= 4 is 5.65 Å². The van der Waals surface area contributed by atoms with Crippen LogP contribution in [-0.2, 0) is 0 Å². The first-order valence-corrected chi connectivity index (χ1v) is 6.72. The van der Waals surface area contributed by atoms with E-state index in [1.807, 2.05) is 39.0 Å². The molecule has 0 bridgehead atoms. The number of hydrogen-bond acceptors (Lipinski definition) is 4. The molecular weight excluding hydrogens is 266 g/mol. The van der Waals surface area contributed by atoms with E-state index in [2.05, 4.69) is 10.1 Å². The van der Waals surface area contributed by atoms with Gasteiger partial charge in [-0.05, 0) is 44.0 Å². The van der Waals surface area contributed by atoms with Crippen molar-refractivity contribution in [1.82, 2.24) is 14.6 Å². The molecule has 0 amide bonds. The maximum absolute atomic E-state index is 10.0. The Labute approximate surface area is 122 Å². The third kappa shape index (κ3) is 2.11. The average molecular weight is 283 g/mol. The zero-order valence-corrected chi connectivity index (χ0v) is 12.5. The van der Waals surface area contributed by atoms with Crippen LogP contribution in [0.2, 0.25) is 0 Å². The van der Waals surface area contributed by atoms with Crippen LogP contribution in [0, 0.1) is 20.8 Å². The van der Waals surface area contributed by atoms with Crippen LogP contribution >= 0.6 is 0 Å². The van der Waals surface area contributed by atoms with Crippen LogP contribution in [0.15, 0.2) is 24.3 Å². The Balaban J connectivity index is 2.32. The molecule has 5 heteroatoms. The molecule has 0 unspecified atom stereocenters. The second kappa shape index (κ2) is 4.77. The van der Waals surface area contributed by atoms with Crippen molar-refractivity contribution < 1.29 is 9.84 Å². The number of methoxy groups -OCH3 is 1. The van der Waals surface area contributed by atoms with Crippen molar-refractivity contribution in [2.75, 3.05) is 7.11 Å². The van der Waals surface area contributed by atoms with Crippen LogP contribution in [0.25, 0.3) is 16.8 Å². The van der Waals surface area contributed by atoms with E-state index < -0.39 is 0 Å². The van der Waals surface area contributed by atoms with E-state index in [-0.39, 0.29) is 5.88 Å². The van der Waals surface area contributed by atoms with Gasteiger partial charge in [-0.2, -0.15) is 9.61 Å². The normalized spacial score (nSPS) is 11.0. The van der Waals surface area contributed by atoms with Crippen LogP contribution in [-0.4, -0.2) is 26.8 Å². The minimum absolute atomic E-state index is 0.0954. The van der Waals surface area contributed by atoms with Crippen molar-refractivity contribution in [3.63, 3.8) is 0 Å². The van der Waals surface area contributed by atoms with E-state index in [0.717, 1.165) is 33.8 Å². The highest BCUT2D eigenvalue weighted by Crippen LogP contribution is 2.33. The Hall–Kier alpha value is -2.56. The molecule has 0 saturated carbocycles. The summed E-state index contributed by atoms with van der Waals surface area (Å²) < 4.78 is 6.72. The molecule has 0 aliphatic heterocycles. The van der Waals surface area contributed by atoms with E-state index in [1.54, 1.807) is 13.2 Å². The Morgan fingerprint density at radius 1 is 1.14 bits per heavy atom. The smallest absolute Gasteiger partial charge is 0.215 e. The van der Waals surface area contributed by atoms with Gasteiger partial charge in [0.2, 0.25) is 5.88 Å². The maximum Gasteiger partial charge on any atom is 0.215 e. The van der Waals surface area contributed by atoms with Crippen molar-refractivity contribution in [3.8, 4) is 22.8 Å². The lowest BCUT2D eigenvalue weighted by atomic mass is 10.0. The van der Waals surface area contributed by atoms with Crippen molar-refractivity contribution in [2.45, 2.75) is 20.8 Å². The van der Waals surface area contributed by atoms with Crippen LogP contribution in [0.5, 0.6) is 11.6 Å². The molecule has 1 N–H and O–H groups in total. The van der Waals surface area contributed by atoms with Gasteiger partial charge in [0.1, 0.15) is 5.75 Å². The number of ether oxygens (including phenoxy) is 1. The summed E-state index contributed by atoms with van der Waals surface area (Å²) >= 11 is 0. The van der Waals surface area contributed by atoms with Crippen LogP contribution in [0.4, 0.5) is 0 Å². The minimum atomic E-state index is 0.0954. The zero-order valence-electron chi connectivity index (χ0n) is 12.5. The van der Waals surface area contributed by atoms with E-state index in [9.17, 15) is 5.11 Å². The van der Waals surface area contributed by atoms with Crippen molar-refractivity contribution in [1.29, 1.82) is 0 Å². The van der Waals surface area contributed by atoms with Gasteiger partial charge in [-0.3, -0.25) is 0 Å². The molecule has 0 saturated heterocycles. The molecule has 5 nitrogen and oxygen atoms in total. The third-order valence-electron chi connectivity index (χ3n) is 3.58. The quantitative estimate of drug-likeness (QED) is 0.785. The van der Waals surface area contributed by atoms with Gasteiger partial charge in [0.25, 0.3) is 0 Å². The van der Waals surface area contributed by atoms with Gasteiger partial charge in [-0.15, -0.1) is 0 Å². The molecule has 21 heavy (non-hydrogen) atoms. The lowest BCUT2D eigenvalue weighted by Crippen LogP contribution is -1.94. The largest absolute Gasteiger partial charge is 0.497 e. The minimum Gasteiger partial charge on any atom is -0.497 e. The topological polar surface area (TPSA) is 59.7 Å². The number of rotatable bonds is 2. The van der Waals surface area contributed by atoms with Crippen molar-refractivity contribution in [3.05, 3.63) is 41.2 Å². The summed E-state index contributed by atoms with van der Waals surface area (Å²) in [6, 6.07) is 7.50. The lowest BCUT2D eigenvalue weighted by molar-refractivity contribution is 0.414. The Kier molecular flexibility index (Phi) is 3.05. The van der Waals surface area contributed by atoms with Gasteiger partial charge in [0.15, 0.2) is 5.65 Å². The Bertz CT molecular complexity index is 837. The summed E-state index contributed by atoms with van der Waals surface area (Å²) in [6.07, 6.45) is 0. The van der Waals surface area contributed by atoms with E-state index in [0.29, 0.717) is 5.65 Å². The number of aryl methyl sites for hydroxylation is 3. The molecule has 3 rings (SSSR count). The number of aromatic hydroxyl groups is 1. The summed E-state index contributed by atoms with van der Waals surface area (Å²) in [4.78, 5) is 4.53. The van der Waals surface area contributed by atoms with E-state index in [1.165, 1.54) is 4.52 Å². The highest BCUT2D eigenvalue weighted by atomic mass is 16.5. The third-order valence-corrected chi connectivity index (χ3v) is 3.58. The van der Waals surface area contributed by atoms with E-state index >= 15 is 0 Å². The average Bonchev–Trinajstić information content (AvgIpc) is 2.75.